The molecule has 0 bridgehead atoms. The van der Waals surface area contributed by atoms with Crippen LogP contribution in [0.1, 0.15) is 36.2 Å². The summed E-state index contributed by atoms with van der Waals surface area (Å²) in [6, 6.07) is 3.43. The van der Waals surface area contributed by atoms with E-state index in [1.807, 2.05) is 32.9 Å². The minimum atomic E-state index is -0.172. The van der Waals surface area contributed by atoms with E-state index in [9.17, 15) is 4.79 Å². The van der Waals surface area contributed by atoms with Crippen molar-refractivity contribution in [2.45, 2.75) is 39.3 Å². The molecule has 0 spiro atoms. The third-order valence-electron chi connectivity index (χ3n) is 4.55. The molecule has 1 fully saturated rings. The Kier molecular flexibility index (Phi) is 6.16. The van der Waals surface area contributed by atoms with Crippen LogP contribution < -0.4 is 14.8 Å². The van der Waals surface area contributed by atoms with Crippen molar-refractivity contribution in [1.29, 1.82) is 0 Å². The Morgan fingerprint density at radius 3 is 2.69 bits per heavy atom. The van der Waals surface area contributed by atoms with E-state index in [1.54, 1.807) is 6.07 Å². The van der Waals surface area contributed by atoms with Crippen LogP contribution in [0.25, 0.3) is 0 Å². The summed E-state index contributed by atoms with van der Waals surface area (Å²) in [6.45, 7) is 8.64. The molecule has 3 rings (SSSR count). The lowest BCUT2D eigenvalue weighted by Gasteiger charge is -2.32. The molecule has 26 heavy (non-hydrogen) atoms. The fraction of sp³-hybridized carbons (Fsp3) is 0.550. The molecule has 2 atom stereocenters. The highest BCUT2D eigenvalue weighted by atomic mass is 16.6. The van der Waals surface area contributed by atoms with Crippen molar-refractivity contribution in [2.24, 2.45) is 0 Å². The first-order valence-electron chi connectivity index (χ1n) is 9.08. The van der Waals surface area contributed by atoms with Gasteiger partial charge in [-0.05, 0) is 44.9 Å². The highest BCUT2D eigenvalue weighted by Gasteiger charge is 2.29. The standard InChI is InChI=1S/C20H27NO5/c1-13(2)4-7-24-17-5-6-23-12-16(17)21-20(22)15-11-19-18(10-14(15)3)25-8-9-26-19/h4,10-11,16-17H,5-9,12H2,1-3H3,(H,21,22)/t16-,17+/m0/s1. The van der Waals surface area contributed by atoms with E-state index >= 15 is 0 Å². The van der Waals surface area contributed by atoms with Crippen LogP contribution >= 0.6 is 0 Å². The maximum absolute atomic E-state index is 12.8. The number of fused-ring (bicyclic) bond motifs is 1. The molecule has 0 aliphatic carbocycles. The molecule has 1 N–H and O–H groups in total. The topological polar surface area (TPSA) is 66.0 Å². The van der Waals surface area contributed by atoms with Crippen LogP contribution in [0.2, 0.25) is 0 Å². The summed E-state index contributed by atoms with van der Waals surface area (Å²) in [7, 11) is 0. The summed E-state index contributed by atoms with van der Waals surface area (Å²) in [5.74, 6) is 1.16. The van der Waals surface area contributed by atoms with Crippen molar-refractivity contribution in [1.82, 2.24) is 5.32 Å². The molecule has 2 aliphatic rings. The second-order valence-corrected chi connectivity index (χ2v) is 6.91. The van der Waals surface area contributed by atoms with Gasteiger partial charge >= 0.3 is 0 Å². The zero-order chi connectivity index (χ0) is 18.5. The molecule has 6 nitrogen and oxygen atoms in total. The molecule has 0 saturated carbocycles. The van der Waals surface area contributed by atoms with Gasteiger partial charge in [-0.3, -0.25) is 4.79 Å². The Bertz CT molecular complexity index is 681. The van der Waals surface area contributed by atoms with Gasteiger partial charge in [0, 0.05) is 12.2 Å². The van der Waals surface area contributed by atoms with Crippen LogP contribution in [0.5, 0.6) is 11.5 Å². The Hall–Kier alpha value is -2.05. The van der Waals surface area contributed by atoms with Crippen LogP contribution in [0.3, 0.4) is 0 Å². The minimum Gasteiger partial charge on any atom is -0.486 e. The van der Waals surface area contributed by atoms with Crippen molar-refractivity contribution in [3.63, 3.8) is 0 Å². The number of ether oxygens (including phenoxy) is 4. The van der Waals surface area contributed by atoms with E-state index in [0.717, 1.165) is 12.0 Å². The average Bonchev–Trinajstić information content (AvgIpc) is 2.62. The van der Waals surface area contributed by atoms with Crippen molar-refractivity contribution >= 4 is 5.91 Å². The number of nitrogens with one attached hydrogen (secondary N) is 1. The fourth-order valence-electron chi connectivity index (χ4n) is 3.07. The third-order valence-corrected chi connectivity index (χ3v) is 4.55. The van der Waals surface area contributed by atoms with E-state index in [0.29, 0.717) is 50.1 Å². The van der Waals surface area contributed by atoms with Gasteiger partial charge in [-0.15, -0.1) is 0 Å². The molecule has 2 aliphatic heterocycles. The van der Waals surface area contributed by atoms with Crippen LogP contribution in [0.4, 0.5) is 0 Å². The normalized spacial score (nSPS) is 21.8. The van der Waals surface area contributed by atoms with Gasteiger partial charge in [0.2, 0.25) is 0 Å². The molecular weight excluding hydrogens is 334 g/mol. The number of allylic oxidation sites excluding steroid dienone is 1. The number of hydrogen-bond donors (Lipinski definition) is 1. The van der Waals surface area contributed by atoms with Crippen molar-refractivity contribution in [3.05, 3.63) is 34.9 Å². The lowest BCUT2D eigenvalue weighted by Crippen LogP contribution is -2.50. The van der Waals surface area contributed by atoms with E-state index in [4.69, 9.17) is 18.9 Å². The van der Waals surface area contributed by atoms with Gasteiger partial charge in [0.1, 0.15) is 13.2 Å². The van der Waals surface area contributed by atoms with Gasteiger partial charge in [-0.1, -0.05) is 11.6 Å². The Morgan fingerprint density at radius 2 is 1.96 bits per heavy atom. The van der Waals surface area contributed by atoms with Gasteiger partial charge in [0.15, 0.2) is 11.5 Å². The molecule has 6 heteroatoms. The molecule has 0 radical (unpaired) electrons. The van der Waals surface area contributed by atoms with Crippen molar-refractivity contribution in [3.8, 4) is 11.5 Å². The molecule has 2 heterocycles. The number of aryl methyl sites for hydroxylation is 1. The summed E-state index contributed by atoms with van der Waals surface area (Å²) in [5.41, 5.74) is 2.65. The largest absolute Gasteiger partial charge is 0.486 e. The number of benzene rings is 1. The monoisotopic (exact) mass is 361 g/mol. The highest BCUT2D eigenvalue weighted by molar-refractivity contribution is 5.96. The van der Waals surface area contributed by atoms with Crippen molar-refractivity contribution in [2.75, 3.05) is 33.0 Å². The molecule has 0 aromatic heterocycles. The molecule has 1 amide bonds. The smallest absolute Gasteiger partial charge is 0.252 e. The van der Waals surface area contributed by atoms with E-state index in [2.05, 4.69) is 5.32 Å². The summed E-state index contributed by atoms with van der Waals surface area (Å²) >= 11 is 0. The maximum Gasteiger partial charge on any atom is 0.252 e. The van der Waals surface area contributed by atoms with Crippen LogP contribution in [0, 0.1) is 6.92 Å². The van der Waals surface area contributed by atoms with E-state index in [-0.39, 0.29) is 18.1 Å². The van der Waals surface area contributed by atoms with Gasteiger partial charge in [0.05, 0.1) is 25.4 Å². The molecular formula is C20H27NO5. The quantitative estimate of drug-likeness (QED) is 0.817. The molecule has 0 unspecified atom stereocenters. The van der Waals surface area contributed by atoms with Crippen LogP contribution in [-0.4, -0.2) is 51.1 Å². The Morgan fingerprint density at radius 1 is 1.23 bits per heavy atom. The molecule has 1 aromatic rings. The first kappa shape index (κ1) is 18.7. The first-order valence-corrected chi connectivity index (χ1v) is 9.08. The second kappa shape index (κ2) is 8.56. The second-order valence-electron chi connectivity index (χ2n) is 6.91. The SMILES string of the molecule is CC(C)=CCO[C@@H]1CCOC[C@@H]1NC(=O)c1cc2c(cc1C)OCCO2. The molecule has 1 aromatic carbocycles. The predicted molar refractivity (Wildman–Crippen MR) is 98.0 cm³/mol. The lowest BCUT2D eigenvalue weighted by atomic mass is 10.0. The maximum atomic E-state index is 12.8. The predicted octanol–water partition coefficient (Wildman–Crippen LogP) is 2.64. The third kappa shape index (κ3) is 4.56. The number of carbonyl (C=O) groups is 1. The van der Waals surface area contributed by atoms with Gasteiger partial charge in [0.25, 0.3) is 5.91 Å². The van der Waals surface area contributed by atoms with Gasteiger partial charge in [-0.25, -0.2) is 0 Å². The summed E-state index contributed by atoms with van der Waals surface area (Å²) in [5, 5.41) is 3.07. The first-order chi connectivity index (χ1) is 12.5. The van der Waals surface area contributed by atoms with Crippen LogP contribution in [-0.2, 0) is 9.47 Å². The minimum absolute atomic E-state index is 0.0548. The van der Waals surface area contributed by atoms with Crippen LogP contribution in [0.15, 0.2) is 23.8 Å². The summed E-state index contributed by atoms with van der Waals surface area (Å²) < 4.78 is 22.7. The van der Waals surface area contributed by atoms with E-state index < -0.39 is 0 Å². The van der Waals surface area contributed by atoms with Crippen molar-refractivity contribution < 1.29 is 23.7 Å². The zero-order valence-electron chi connectivity index (χ0n) is 15.7. The number of carbonyl (C=O) groups excluding carboxylic acids is 1. The zero-order valence-corrected chi connectivity index (χ0v) is 15.7. The molecule has 142 valence electrons. The van der Waals surface area contributed by atoms with Gasteiger partial charge in [-0.2, -0.15) is 0 Å². The summed E-state index contributed by atoms with van der Waals surface area (Å²) in [6.07, 6.45) is 2.75. The number of amides is 1. The fourth-order valence-corrected chi connectivity index (χ4v) is 3.07. The number of hydrogen-bond acceptors (Lipinski definition) is 5. The summed E-state index contributed by atoms with van der Waals surface area (Å²) in [4.78, 5) is 12.8. The van der Waals surface area contributed by atoms with Gasteiger partial charge < -0.3 is 24.3 Å². The Labute approximate surface area is 154 Å². The Balaban J connectivity index is 1.68. The number of rotatable bonds is 5. The highest BCUT2D eigenvalue weighted by Crippen LogP contribution is 2.33. The lowest BCUT2D eigenvalue weighted by molar-refractivity contribution is -0.0457. The average molecular weight is 361 g/mol. The molecule has 1 saturated heterocycles. The van der Waals surface area contributed by atoms with E-state index in [1.165, 1.54) is 5.57 Å².